The molecular formula is C23H26N2O3S. The summed E-state index contributed by atoms with van der Waals surface area (Å²) in [7, 11) is 0. The van der Waals surface area contributed by atoms with E-state index in [1.165, 1.54) is 22.5 Å². The Hall–Kier alpha value is -2.47. The molecule has 29 heavy (non-hydrogen) atoms. The van der Waals surface area contributed by atoms with Crippen molar-refractivity contribution in [3.63, 3.8) is 0 Å². The number of aromatic nitrogens is 1. The second-order valence-electron chi connectivity index (χ2n) is 8.21. The van der Waals surface area contributed by atoms with Gasteiger partial charge in [-0.05, 0) is 50.5 Å². The van der Waals surface area contributed by atoms with Crippen LogP contribution in [-0.2, 0) is 16.0 Å². The average Bonchev–Trinajstić information content (AvgIpc) is 3.41. The summed E-state index contributed by atoms with van der Waals surface area (Å²) in [4.78, 5) is 29.6. The number of carboxylic acid groups (broad SMARTS) is 1. The molecule has 5 nitrogen and oxygen atoms in total. The number of carbonyl (C=O) groups excluding carboxylic acids is 1. The van der Waals surface area contributed by atoms with Crippen LogP contribution in [0.15, 0.2) is 40.8 Å². The molecule has 2 aliphatic carbocycles. The van der Waals surface area contributed by atoms with Crippen molar-refractivity contribution in [3.8, 4) is 11.3 Å². The second-order valence-corrected chi connectivity index (χ2v) is 9.07. The molecule has 2 bridgehead atoms. The molecule has 0 radical (unpaired) electrons. The number of rotatable bonds is 5. The number of nitrogens with one attached hydrogen (secondary N) is 1. The monoisotopic (exact) mass is 410 g/mol. The van der Waals surface area contributed by atoms with Crippen LogP contribution in [0.5, 0.6) is 0 Å². The van der Waals surface area contributed by atoms with Crippen molar-refractivity contribution >= 4 is 28.3 Å². The molecule has 1 heterocycles. The van der Waals surface area contributed by atoms with Crippen molar-refractivity contribution in [2.24, 2.45) is 23.7 Å². The Kier molecular flexibility index (Phi) is 5.30. The van der Waals surface area contributed by atoms with Gasteiger partial charge in [0.25, 0.3) is 0 Å². The first-order valence-electron chi connectivity index (χ1n) is 10.2. The topological polar surface area (TPSA) is 79.3 Å². The first-order valence-corrected chi connectivity index (χ1v) is 11.0. The lowest BCUT2D eigenvalue weighted by molar-refractivity contribution is -0.148. The summed E-state index contributed by atoms with van der Waals surface area (Å²) < 4.78 is 0. The lowest BCUT2D eigenvalue weighted by Crippen LogP contribution is -2.37. The van der Waals surface area contributed by atoms with E-state index in [0.29, 0.717) is 5.13 Å². The molecule has 1 aromatic heterocycles. The number of aryl methyl sites for hydroxylation is 1. The van der Waals surface area contributed by atoms with E-state index in [0.717, 1.165) is 36.1 Å². The van der Waals surface area contributed by atoms with Crippen molar-refractivity contribution in [2.45, 2.75) is 40.0 Å². The lowest BCUT2D eigenvalue weighted by atomic mass is 9.79. The minimum Gasteiger partial charge on any atom is -0.481 e. The number of hydrogen-bond acceptors (Lipinski definition) is 4. The minimum atomic E-state index is -0.869. The highest BCUT2D eigenvalue weighted by Gasteiger charge is 2.57. The number of nitrogens with zero attached hydrogens (tertiary/aromatic N) is 1. The second kappa shape index (κ2) is 7.75. The fourth-order valence-electron chi connectivity index (χ4n) is 5.17. The first kappa shape index (κ1) is 19.8. The van der Waals surface area contributed by atoms with Gasteiger partial charge in [0, 0.05) is 10.9 Å². The van der Waals surface area contributed by atoms with Crippen LogP contribution in [0.2, 0.25) is 0 Å². The van der Waals surface area contributed by atoms with Gasteiger partial charge < -0.3 is 10.4 Å². The van der Waals surface area contributed by atoms with E-state index in [1.54, 1.807) is 0 Å². The van der Waals surface area contributed by atoms with Crippen molar-refractivity contribution in [1.82, 2.24) is 4.98 Å². The summed E-state index contributed by atoms with van der Waals surface area (Å²) >= 11 is 1.38. The van der Waals surface area contributed by atoms with Crippen LogP contribution < -0.4 is 5.32 Å². The Balaban J connectivity index is 1.54. The number of amides is 1. The molecule has 0 spiro atoms. The highest BCUT2D eigenvalue weighted by Crippen LogP contribution is 2.57. The SMILES string of the molecule is CCc1ccc(-c2csc(NC(=O)[C@@H]3[C@@H](C(=O)O)[C@@H]4CC[C@H]3C4=C(C)C)n2)cc1. The molecule has 2 aromatic rings. The van der Waals surface area contributed by atoms with Gasteiger partial charge in [0.2, 0.25) is 5.91 Å². The molecule has 4 atom stereocenters. The molecule has 6 heteroatoms. The van der Waals surface area contributed by atoms with Gasteiger partial charge in [0.1, 0.15) is 0 Å². The van der Waals surface area contributed by atoms with E-state index in [1.807, 2.05) is 31.4 Å². The zero-order valence-corrected chi connectivity index (χ0v) is 17.8. The van der Waals surface area contributed by atoms with Crippen molar-refractivity contribution < 1.29 is 14.7 Å². The maximum absolute atomic E-state index is 13.1. The fourth-order valence-corrected chi connectivity index (χ4v) is 5.89. The summed E-state index contributed by atoms with van der Waals surface area (Å²) in [5.41, 5.74) is 5.44. The van der Waals surface area contributed by atoms with Crippen LogP contribution in [0.25, 0.3) is 11.3 Å². The molecule has 1 amide bonds. The van der Waals surface area contributed by atoms with Gasteiger partial charge in [0.05, 0.1) is 17.5 Å². The highest BCUT2D eigenvalue weighted by atomic mass is 32.1. The number of aliphatic carboxylic acids is 1. The Morgan fingerprint density at radius 3 is 2.38 bits per heavy atom. The zero-order valence-electron chi connectivity index (χ0n) is 16.9. The predicted octanol–water partition coefficient (Wildman–Crippen LogP) is 5.00. The molecule has 2 N–H and O–H groups in total. The van der Waals surface area contributed by atoms with Gasteiger partial charge in [-0.2, -0.15) is 0 Å². The third-order valence-electron chi connectivity index (χ3n) is 6.40. The number of benzene rings is 1. The normalized spacial score (nSPS) is 25.3. The van der Waals surface area contributed by atoms with E-state index in [9.17, 15) is 14.7 Å². The van der Waals surface area contributed by atoms with Crippen molar-refractivity contribution in [3.05, 3.63) is 46.4 Å². The van der Waals surface area contributed by atoms with Crippen molar-refractivity contribution in [1.29, 1.82) is 0 Å². The van der Waals surface area contributed by atoms with Crippen LogP contribution in [0.1, 0.15) is 39.2 Å². The lowest BCUT2D eigenvalue weighted by Gasteiger charge is -2.25. The van der Waals surface area contributed by atoms with E-state index in [2.05, 4.69) is 29.4 Å². The molecule has 0 saturated heterocycles. The standard InChI is InChI=1S/C23H26N2O3S/c1-4-13-5-7-14(8-6-13)17-11-29-23(24-17)25-21(26)19-15-9-10-16(18(15)12(2)3)20(19)22(27)28/h5-8,11,15-16,19-20H,4,9-10H2,1-3H3,(H,27,28)(H,24,25,26)/t15-,16+,19-,20-/m0/s1. The first-order chi connectivity index (χ1) is 13.9. The molecule has 2 aliphatic rings. The Labute approximate surface area is 174 Å². The molecule has 1 aromatic carbocycles. The summed E-state index contributed by atoms with van der Waals surface area (Å²) in [6, 6.07) is 8.25. The van der Waals surface area contributed by atoms with Gasteiger partial charge >= 0.3 is 5.97 Å². The van der Waals surface area contributed by atoms with Crippen LogP contribution in [0.3, 0.4) is 0 Å². The Bertz CT molecular complexity index is 972. The summed E-state index contributed by atoms with van der Waals surface area (Å²) in [6.07, 6.45) is 2.74. The third kappa shape index (κ3) is 3.50. The number of hydrogen-bond donors (Lipinski definition) is 2. The van der Waals surface area contributed by atoms with Crippen LogP contribution in [0, 0.1) is 23.7 Å². The Morgan fingerprint density at radius 1 is 1.14 bits per heavy atom. The number of allylic oxidation sites excluding steroid dienone is 2. The maximum atomic E-state index is 13.1. The van der Waals surface area contributed by atoms with Crippen LogP contribution in [-0.4, -0.2) is 22.0 Å². The van der Waals surface area contributed by atoms with E-state index >= 15 is 0 Å². The number of anilines is 1. The largest absolute Gasteiger partial charge is 0.481 e. The summed E-state index contributed by atoms with van der Waals surface area (Å²) in [5, 5.41) is 15.2. The Morgan fingerprint density at radius 2 is 1.79 bits per heavy atom. The smallest absolute Gasteiger partial charge is 0.307 e. The van der Waals surface area contributed by atoms with Gasteiger partial charge in [-0.25, -0.2) is 4.98 Å². The molecule has 0 unspecified atom stereocenters. The maximum Gasteiger partial charge on any atom is 0.307 e. The molecule has 2 saturated carbocycles. The van der Waals surface area contributed by atoms with Crippen molar-refractivity contribution in [2.75, 3.05) is 5.32 Å². The summed E-state index contributed by atoms with van der Waals surface area (Å²) in [6.45, 7) is 6.17. The van der Waals surface area contributed by atoms with Crippen LogP contribution in [0.4, 0.5) is 5.13 Å². The van der Waals surface area contributed by atoms with Gasteiger partial charge in [0.15, 0.2) is 5.13 Å². The molecule has 2 fully saturated rings. The van der Waals surface area contributed by atoms with E-state index in [4.69, 9.17) is 0 Å². The average molecular weight is 411 g/mol. The molecular weight excluding hydrogens is 384 g/mol. The molecule has 4 rings (SSSR count). The third-order valence-corrected chi connectivity index (χ3v) is 7.16. The molecule has 152 valence electrons. The molecule has 0 aliphatic heterocycles. The van der Waals surface area contributed by atoms with Gasteiger partial charge in [-0.15, -0.1) is 11.3 Å². The number of carboxylic acids is 1. The summed E-state index contributed by atoms with van der Waals surface area (Å²) in [5.74, 6) is -2.22. The quantitative estimate of drug-likeness (QED) is 0.680. The van der Waals surface area contributed by atoms with E-state index < -0.39 is 17.8 Å². The number of thiazole rings is 1. The van der Waals surface area contributed by atoms with Gasteiger partial charge in [-0.3, -0.25) is 9.59 Å². The number of fused-ring (bicyclic) bond motifs is 2. The van der Waals surface area contributed by atoms with E-state index in [-0.39, 0.29) is 17.7 Å². The van der Waals surface area contributed by atoms with Gasteiger partial charge in [-0.1, -0.05) is 42.3 Å². The zero-order chi connectivity index (χ0) is 20.7. The fraction of sp³-hybridized carbons (Fsp3) is 0.435. The minimum absolute atomic E-state index is 0.0119. The number of carbonyl (C=O) groups is 2. The van der Waals surface area contributed by atoms with Crippen LogP contribution >= 0.6 is 11.3 Å². The predicted molar refractivity (Wildman–Crippen MR) is 115 cm³/mol. The highest BCUT2D eigenvalue weighted by molar-refractivity contribution is 7.14.